The highest BCUT2D eigenvalue weighted by Crippen LogP contribution is 2.36. The van der Waals surface area contributed by atoms with Gasteiger partial charge in [-0.1, -0.05) is 23.7 Å². The average molecular weight is 440 g/mol. The molecule has 2 fully saturated rings. The van der Waals surface area contributed by atoms with Gasteiger partial charge in [0.25, 0.3) is 0 Å². The van der Waals surface area contributed by atoms with Crippen LogP contribution in [-0.2, 0) is 16.0 Å². The minimum Gasteiger partial charge on any atom is -0.480 e. The number of halogens is 1. The van der Waals surface area contributed by atoms with Gasteiger partial charge >= 0.3 is 5.97 Å². The Balaban J connectivity index is 1.40. The molecular formula is C22H30ClNO4S. The summed E-state index contributed by atoms with van der Waals surface area (Å²) in [7, 11) is 0. The van der Waals surface area contributed by atoms with Gasteiger partial charge < -0.3 is 15.1 Å². The zero-order chi connectivity index (χ0) is 20.8. The van der Waals surface area contributed by atoms with Crippen LogP contribution in [0.25, 0.3) is 0 Å². The lowest BCUT2D eigenvalue weighted by Gasteiger charge is -2.26. The van der Waals surface area contributed by atoms with Gasteiger partial charge in [-0.2, -0.15) is 0 Å². The molecule has 2 heterocycles. The van der Waals surface area contributed by atoms with Crippen molar-refractivity contribution in [2.45, 2.75) is 80.4 Å². The summed E-state index contributed by atoms with van der Waals surface area (Å²) in [5.41, 5.74) is 1.03. The molecule has 0 aromatic heterocycles. The van der Waals surface area contributed by atoms with Gasteiger partial charge in [0.1, 0.15) is 5.25 Å². The van der Waals surface area contributed by atoms with Gasteiger partial charge in [0.05, 0.1) is 6.10 Å². The maximum absolute atomic E-state index is 12.3. The molecule has 2 aliphatic heterocycles. The summed E-state index contributed by atoms with van der Waals surface area (Å²) in [6, 6.07) is 7.77. The highest BCUT2D eigenvalue weighted by Gasteiger charge is 2.32. The molecule has 2 saturated heterocycles. The second-order valence-corrected chi connectivity index (χ2v) is 10.1. The molecule has 0 saturated carbocycles. The van der Waals surface area contributed by atoms with Crippen LogP contribution >= 0.6 is 23.4 Å². The van der Waals surface area contributed by atoms with Crippen molar-refractivity contribution in [3.8, 4) is 0 Å². The number of benzene rings is 1. The number of nitrogens with zero attached hydrogens (tertiary/aromatic N) is 1. The Bertz CT molecular complexity index is 716. The Labute approximate surface area is 181 Å². The van der Waals surface area contributed by atoms with Gasteiger partial charge in [-0.15, -0.1) is 11.8 Å². The number of hydrogen-bond donors (Lipinski definition) is 2. The summed E-state index contributed by atoms with van der Waals surface area (Å²) in [5, 5.41) is 20.3. The van der Waals surface area contributed by atoms with Crippen molar-refractivity contribution in [1.82, 2.24) is 4.90 Å². The van der Waals surface area contributed by atoms with E-state index in [0.29, 0.717) is 29.5 Å². The molecule has 1 aromatic carbocycles. The van der Waals surface area contributed by atoms with Crippen LogP contribution in [0.4, 0.5) is 0 Å². The third-order valence-electron chi connectivity index (χ3n) is 5.95. The first-order chi connectivity index (χ1) is 13.9. The van der Waals surface area contributed by atoms with E-state index in [0.717, 1.165) is 50.6 Å². The van der Waals surface area contributed by atoms with Gasteiger partial charge in [0.2, 0.25) is 5.91 Å². The number of likely N-dealkylation sites (tertiary alicyclic amines) is 1. The fraction of sp³-hybridized carbons (Fsp3) is 0.636. The molecule has 1 aromatic rings. The lowest BCUT2D eigenvalue weighted by atomic mass is 10.0. The molecule has 0 aliphatic carbocycles. The Hall–Kier alpha value is -1.24. The number of aliphatic hydroxyl groups excluding tert-OH is 1. The van der Waals surface area contributed by atoms with Crippen LogP contribution in [0.15, 0.2) is 24.3 Å². The summed E-state index contributed by atoms with van der Waals surface area (Å²) < 4.78 is 0. The summed E-state index contributed by atoms with van der Waals surface area (Å²) in [6.07, 6.45) is 6.65. The van der Waals surface area contributed by atoms with E-state index in [1.54, 1.807) is 11.8 Å². The average Bonchev–Trinajstić information content (AvgIpc) is 3.28. The predicted molar refractivity (Wildman–Crippen MR) is 116 cm³/mol. The quantitative estimate of drug-likeness (QED) is 0.572. The number of hydrogen-bond acceptors (Lipinski definition) is 4. The van der Waals surface area contributed by atoms with Gasteiger partial charge in [-0.25, -0.2) is 0 Å². The number of aliphatic carboxylic acids is 1. The van der Waals surface area contributed by atoms with Gasteiger partial charge in [-0.05, 0) is 69.1 Å². The standard InChI is InChI=1S/C22H30ClNO4S/c23-16-4-1-3-15(13-16)14-18(25)8-6-17-7-11-21(26)24(17)12-2-5-19-9-10-20(29-19)22(27)28/h1,3-4,13,17-20,25H,2,5-12,14H2,(H,27,28)/t17-,18+,19?,20?/m0/s1. The summed E-state index contributed by atoms with van der Waals surface area (Å²) in [4.78, 5) is 25.4. The van der Waals surface area contributed by atoms with Crippen LogP contribution in [0.5, 0.6) is 0 Å². The summed E-state index contributed by atoms with van der Waals surface area (Å²) >= 11 is 7.58. The maximum atomic E-state index is 12.3. The molecule has 1 amide bonds. The molecule has 7 heteroatoms. The summed E-state index contributed by atoms with van der Waals surface area (Å²) in [6.45, 7) is 0.739. The number of carbonyl (C=O) groups excluding carboxylic acids is 1. The molecule has 5 nitrogen and oxygen atoms in total. The van der Waals surface area contributed by atoms with Crippen LogP contribution in [0, 0.1) is 0 Å². The first-order valence-electron chi connectivity index (χ1n) is 10.5. The van der Waals surface area contributed by atoms with E-state index in [4.69, 9.17) is 16.7 Å². The van der Waals surface area contributed by atoms with E-state index in [2.05, 4.69) is 0 Å². The zero-order valence-electron chi connectivity index (χ0n) is 16.6. The molecule has 2 N–H and O–H groups in total. The van der Waals surface area contributed by atoms with Crippen molar-refractivity contribution in [1.29, 1.82) is 0 Å². The molecule has 0 bridgehead atoms. The molecule has 3 rings (SSSR count). The highest BCUT2D eigenvalue weighted by molar-refractivity contribution is 8.01. The number of aliphatic hydroxyl groups is 1. The highest BCUT2D eigenvalue weighted by atomic mass is 35.5. The first-order valence-corrected chi connectivity index (χ1v) is 11.8. The largest absolute Gasteiger partial charge is 0.480 e. The minimum atomic E-state index is -0.705. The van der Waals surface area contributed by atoms with Crippen molar-refractivity contribution in [2.75, 3.05) is 6.54 Å². The van der Waals surface area contributed by atoms with Crippen molar-refractivity contribution in [3.05, 3.63) is 34.9 Å². The molecule has 2 unspecified atom stereocenters. The van der Waals surface area contributed by atoms with Crippen molar-refractivity contribution in [3.63, 3.8) is 0 Å². The second kappa shape index (κ2) is 10.7. The van der Waals surface area contributed by atoms with Crippen LogP contribution in [0.1, 0.15) is 56.9 Å². The Kier molecular flexibility index (Phi) is 8.27. The lowest BCUT2D eigenvalue weighted by molar-refractivity contribution is -0.136. The number of amides is 1. The van der Waals surface area contributed by atoms with E-state index >= 15 is 0 Å². The third kappa shape index (κ3) is 6.63. The maximum Gasteiger partial charge on any atom is 0.316 e. The van der Waals surface area contributed by atoms with Crippen molar-refractivity contribution >= 4 is 35.2 Å². The minimum absolute atomic E-state index is 0.208. The first kappa shape index (κ1) is 22.4. The number of carbonyl (C=O) groups is 2. The van der Waals surface area contributed by atoms with Crippen LogP contribution in [0.3, 0.4) is 0 Å². The normalized spacial score (nSPS) is 25.5. The number of rotatable bonds is 10. The van der Waals surface area contributed by atoms with Crippen LogP contribution in [0.2, 0.25) is 5.02 Å². The van der Waals surface area contributed by atoms with Crippen molar-refractivity contribution in [2.24, 2.45) is 0 Å². The van der Waals surface area contributed by atoms with Gasteiger partial charge in [0.15, 0.2) is 0 Å². The molecular weight excluding hydrogens is 410 g/mol. The molecule has 160 valence electrons. The topological polar surface area (TPSA) is 77.8 Å². The second-order valence-electron chi connectivity index (χ2n) is 8.15. The smallest absolute Gasteiger partial charge is 0.316 e. The Morgan fingerprint density at radius 3 is 2.83 bits per heavy atom. The molecule has 0 spiro atoms. The fourth-order valence-electron chi connectivity index (χ4n) is 4.41. The molecule has 2 aliphatic rings. The van der Waals surface area contributed by atoms with Crippen LogP contribution < -0.4 is 0 Å². The molecule has 4 atom stereocenters. The number of carboxylic acids is 1. The van der Waals surface area contributed by atoms with E-state index in [1.807, 2.05) is 29.2 Å². The SMILES string of the molecule is O=C(O)C1CCC(CCCN2C(=O)CC[C@@H]2CC[C@@H](O)Cc2cccc(Cl)c2)S1. The zero-order valence-corrected chi connectivity index (χ0v) is 18.2. The Morgan fingerprint density at radius 2 is 2.10 bits per heavy atom. The fourth-order valence-corrected chi connectivity index (χ4v) is 6.05. The molecule has 0 radical (unpaired) electrons. The number of thioether (sulfide) groups is 1. The lowest BCUT2D eigenvalue weighted by Crippen LogP contribution is -2.34. The molecule has 29 heavy (non-hydrogen) atoms. The van der Waals surface area contributed by atoms with Gasteiger partial charge in [-0.3, -0.25) is 9.59 Å². The monoisotopic (exact) mass is 439 g/mol. The number of carboxylic acid groups (broad SMARTS) is 1. The van der Waals surface area contributed by atoms with E-state index in [9.17, 15) is 14.7 Å². The summed E-state index contributed by atoms with van der Waals surface area (Å²) in [5.74, 6) is -0.495. The third-order valence-corrected chi connectivity index (χ3v) is 7.81. The van der Waals surface area contributed by atoms with Crippen molar-refractivity contribution < 1.29 is 19.8 Å². The predicted octanol–water partition coefficient (Wildman–Crippen LogP) is 4.14. The van der Waals surface area contributed by atoms with E-state index in [-0.39, 0.29) is 17.2 Å². The Morgan fingerprint density at radius 1 is 1.28 bits per heavy atom. The van der Waals surface area contributed by atoms with E-state index < -0.39 is 12.1 Å². The van der Waals surface area contributed by atoms with Crippen LogP contribution in [-0.4, -0.2) is 56.2 Å². The van der Waals surface area contributed by atoms with Gasteiger partial charge in [0, 0.05) is 29.3 Å². The van der Waals surface area contributed by atoms with E-state index in [1.165, 1.54) is 0 Å².